The first-order chi connectivity index (χ1) is 8.22. The number of carbonyl (C=O) groups excluding carboxylic acids is 1. The monoisotopic (exact) mass is 297 g/mol. The molecular weight excluding hydrogens is 282 g/mol. The molecule has 1 atom stereocenters. The molecule has 1 aromatic rings. The van der Waals surface area contributed by atoms with Crippen molar-refractivity contribution in [2.45, 2.75) is 24.7 Å². The van der Waals surface area contributed by atoms with Crippen LogP contribution in [0.1, 0.15) is 18.9 Å². The zero-order valence-corrected chi connectivity index (χ0v) is 11.4. The number of benzene rings is 1. The van der Waals surface area contributed by atoms with E-state index >= 15 is 0 Å². The number of carbonyl (C=O) groups is 1. The molecular formula is C13H16BrNO2. The first-order valence-corrected chi connectivity index (χ1v) is 6.77. The molecule has 17 heavy (non-hydrogen) atoms. The van der Waals surface area contributed by atoms with Gasteiger partial charge < -0.3 is 9.64 Å². The third kappa shape index (κ3) is 2.80. The molecule has 92 valence electrons. The van der Waals surface area contributed by atoms with Gasteiger partial charge in [0, 0.05) is 12.1 Å². The molecule has 0 bridgehead atoms. The number of para-hydroxylation sites is 1. The Morgan fingerprint density at radius 1 is 1.53 bits per heavy atom. The number of rotatable bonds is 2. The van der Waals surface area contributed by atoms with Gasteiger partial charge in [-0.05, 0) is 12.5 Å². The van der Waals surface area contributed by atoms with Gasteiger partial charge in [0.05, 0.1) is 11.4 Å². The molecule has 0 fully saturated rings. The highest BCUT2D eigenvalue weighted by atomic mass is 79.9. The van der Waals surface area contributed by atoms with Crippen molar-refractivity contribution in [3.8, 4) is 5.75 Å². The summed E-state index contributed by atoms with van der Waals surface area (Å²) in [5.41, 5.74) is 1.08. The van der Waals surface area contributed by atoms with Gasteiger partial charge in [-0.15, -0.1) is 0 Å². The predicted octanol–water partition coefficient (Wildman–Crippen LogP) is 2.58. The third-order valence-electron chi connectivity index (χ3n) is 2.89. The van der Waals surface area contributed by atoms with Crippen molar-refractivity contribution in [2.24, 2.45) is 0 Å². The highest BCUT2D eigenvalue weighted by Crippen LogP contribution is 2.23. The number of halogens is 1. The molecule has 3 nitrogen and oxygen atoms in total. The lowest BCUT2D eigenvalue weighted by molar-refractivity contribution is -0.131. The van der Waals surface area contributed by atoms with Crippen molar-refractivity contribution >= 4 is 21.8 Å². The Morgan fingerprint density at radius 2 is 2.29 bits per heavy atom. The molecule has 0 saturated heterocycles. The summed E-state index contributed by atoms with van der Waals surface area (Å²) in [6.45, 7) is 3.85. The lowest BCUT2D eigenvalue weighted by atomic mass is 10.2. The van der Waals surface area contributed by atoms with Gasteiger partial charge in [0.25, 0.3) is 0 Å². The minimum absolute atomic E-state index is 0.0900. The fourth-order valence-electron chi connectivity index (χ4n) is 1.89. The molecule has 0 aromatic heterocycles. The van der Waals surface area contributed by atoms with Gasteiger partial charge >= 0.3 is 0 Å². The van der Waals surface area contributed by atoms with Crippen LogP contribution in [0.4, 0.5) is 0 Å². The number of nitrogens with zero attached hydrogens (tertiary/aromatic N) is 1. The Labute approximate surface area is 110 Å². The fourth-order valence-corrected chi connectivity index (χ4v) is 2.18. The van der Waals surface area contributed by atoms with E-state index in [4.69, 9.17) is 4.74 Å². The van der Waals surface area contributed by atoms with Crippen LogP contribution in [0.5, 0.6) is 5.75 Å². The Bertz CT molecular complexity index is 408. The van der Waals surface area contributed by atoms with E-state index in [0.717, 1.165) is 17.7 Å². The van der Waals surface area contributed by atoms with Crippen molar-refractivity contribution in [3.05, 3.63) is 29.8 Å². The zero-order chi connectivity index (χ0) is 12.3. The summed E-state index contributed by atoms with van der Waals surface area (Å²) in [4.78, 5) is 13.9. The highest BCUT2D eigenvalue weighted by Gasteiger charge is 2.23. The molecule has 1 aromatic carbocycles. The second-order valence-corrected chi connectivity index (χ2v) is 5.20. The van der Waals surface area contributed by atoms with E-state index < -0.39 is 0 Å². The fraction of sp³-hybridized carbons (Fsp3) is 0.462. The topological polar surface area (TPSA) is 29.5 Å². The standard InChI is InChI=1S/C13H16BrNO2/c1-2-11(14)13(16)15-7-8-17-12-6-4-3-5-10(12)9-15/h3-6,11H,2,7-9H2,1H3. The lowest BCUT2D eigenvalue weighted by Crippen LogP contribution is -2.37. The maximum atomic E-state index is 12.1. The van der Waals surface area contributed by atoms with Gasteiger partial charge in [-0.25, -0.2) is 0 Å². The molecule has 0 radical (unpaired) electrons. The molecule has 1 heterocycles. The van der Waals surface area contributed by atoms with Crippen molar-refractivity contribution in [2.75, 3.05) is 13.2 Å². The third-order valence-corrected chi connectivity index (χ3v) is 3.93. The van der Waals surface area contributed by atoms with Crippen molar-refractivity contribution in [1.29, 1.82) is 0 Å². The quantitative estimate of drug-likeness (QED) is 0.785. The average Bonchev–Trinajstić information content (AvgIpc) is 2.58. The van der Waals surface area contributed by atoms with Crippen LogP contribution in [0.15, 0.2) is 24.3 Å². The Balaban J connectivity index is 2.15. The summed E-state index contributed by atoms with van der Waals surface area (Å²) in [5.74, 6) is 1.04. The van der Waals surface area contributed by atoms with Crippen LogP contribution in [-0.2, 0) is 11.3 Å². The summed E-state index contributed by atoms with van der Waals surface area (Å²) in [7, 11) is 0. The van der Waals surface area contributed by atoms with E-state index in [0.29, 0.717) is 19.7 Å². The van der Waals surface area contributed by atoms with Gasteiger partial charge in [0.1, 0.15) is 12.4 Å². The van der Waals surface area contributed by atoms with Crippen LogP contribution in [-0.4, -0.2) is 28.8 Å². The zero-order valence-electron chi connectivity index (χ0n) is 9.86. The number of amides is 1. The Hall–Kier alpha value is -1.03. The van der Waals surface area contributed by atoms with Crippen LogP contribution >= 0.6 is 15.9 Å². The lowest BCUT2D eigenvalue weighted by Gasteiger charge is -2.22. The number of ether oxygens (including phenoxy) is 1. The van der Waals surface area contributed by atoms with Crippen molar-refractivity contribution < 1.29 is 9.53 Å². The maximum absolute atomic E-state index is 12.1. The highest BCUT2D eigenvalue weighted by molar-refractivity contribution is 9.10. The van der Waals surface area contributed by atoms with Crippen LogP contribution < -0.4 is 4.74 Å². The molecule has 1 amide bonds. The second kappa shape index (κ2) is 5.54. The SMILES string of the molecule is CCC(Br)C(=O)N1CCOc2ccccc2C1. The molecule has 0 spiro atoms. The molecule has 2 rings (SSSR count). The number of hydrogen-bond donors (Lipinski definition) is 0. The summed E-state index contributed by atoms with van der Waals surface area (Å²) in [6.07, 6.45) is 0.803. The Kier molecular flexibility index (Phi) is 4.05. The van der Waals surface area contributed by atoms with Crippen LogP contribution in [0.25, 0.3) is 0 Å². The first-order valence-electron chi connectivity index (χ1n) is 5.86. The predicted molar refractivity (Wildman–Crippen MR) is 70.4 cm³/mol. The van der Waals surface area contributed by atoms with Gasteiger partial charge in [0.2, 0.25) is 5.91 Å². The molecule has 4 heteroatoms. The first kappa shape index (κ1) is 12.4. The van der Waals surface area contributed by atoms with E-state index in [1.54, 1.807) is 0 Å². The van der Waals surface area contributed by atoms with Crippen molar-refractivity contribution in [3.63, 3.8) is 0 Å². The summed E-state index contributed by atoms with van der Waals surface area (Å²) < 4.78 is 5.63. The largest absolute Gasteiger partial charge is 0.491 e. The minimum atomic E-state index is -0.0900. The van der Waals surface area contributed by atoms with Gasteiger partial charge in [-0.1, -0.05) is 41.1 Å². The summed E-state index contributed by atoms with van der Waals surface area (Å²) in [6, 6.07) is 7.89. The van der Waals surface area contributed by atoms with E-state index in [1.807, 2.05) is 36.1 Å². The maximum Gasteiger partial charge on any atom is 0.236 e. The van der Waals surface area contributed by atoms with E-state index in [-0.39, 0.29) is 10.7 Å². The van der Waals surface area contributed by atoms with E-state index in [1.165, 1.54) is 0 Å². The number of hydrogen-bond acceptors (Lipinski definition) is 2. The van der Waals surface area contributed by atoms with Gasteiger partial charge in [0.15, 0.2) is 0 Å². The molecule has 1 unspecified atom stereocenters. The summed E-state index contributed by atoms with van der Waals surface area (Å²) >= 11 is 3.41. The molecule has 1 aliphatic rings. The Morgan fingerprint density at radius 3 is 3.06 bits per heavy atom. The van der Waals surface area contributed by atoms with Crippen LogP contribution in [0, 0.1) is 0 Å². The number of fused-ring (bicyclic) bond motifs is 1. The minimum Gasteiger partial charge on any atom is -0.491 e. The average molecular weight is 298 g/mol. The molecule has 0 aliphatic carbocycles. The molecule has 1 aliphatic heterocycles. The van der Waals surface area contributed by atoms with E-state index in [2.05, 4.69) is 15.9 Å². The van der Waals surface area contributed by atoms with Gasteiger partial charge in [-0.2, -0.15) is 0 Å². The summed E-state index contributed by atoms with van der Waals surface area (Å²) in [5, 5.41) is 0. The van der Waals surface area contributed by atoms with Gasteiger partial charge in [-0.3, -0.25) is 4.79 Å². The van der Waals surface area contributed by atoms with Crippen LogP contribution in [0.2, 0.25) is 0 Å². The smallest absolute Gasteiger partial charge is 0.236 e. The molecule has 0 N–H and O–H groups in total. The van der Waals surface area contributed by atoms with Crippen molar-refractivity contribution in [1.82, 2.24) is 4.90 Å². The van der Waals surface area contributed by atoms with Crippen LogP contribution in [0.3, 0.4) is 0 Å². The number of alkyl halides is 1. The second-order valence-electron chi connectivity index (χ2n) is 4.09. The molecule has 0 saturated carbocycles. The van der Waals surface area contributed by atoms with E-state index in [9.17, 15) is 4.79 Å². The normalized spacial score (nSPS) is 16.7.